The van der Waals surface area contributed by atoms with Gasteiger partial charge in [0.1, 0.15) is 12.9 Å². The van der Waals surface area contributed by atoms with Crippen LogP contribution >= 0.6 is 21.6 Å². The maximum atomic E-state index is 12.8. The van der Waals surface area contributed by atoms with Crippen LogP contribution in [-0.2, 0) is 73.7 Å². The molecular formula is C76H122N2O10S2. The average Bonchev–Trinajstić information content (AvgIpc) is 3.77. The summed E-state index contributed by atoms with van der Waals surface area (Å²) in [5.41, 5.74) is 3.76. The molecule has 508 valence electrons. The van der Waals surface area contributed by atoms with E-state index in [4.69, 9.17) is 28.4 Å². The molecule has 0 amide bonds. The van der Waals surface area contributed by atoms with E-state index in [1.807, 2.05) is 70.1 Å². The van der Waals surface area contributed by atoms with Gasteiger partial charge in [0.15, 0.2) is 6.29 Å². The van der Waals surface area contributed by atoms with Gasteiger partial charge in [-0.25, -0.2) is 0 Å². The molecule has 2 aliphatic rings. The lowest BCUT2D eigenvalue weighted by Crippen LogP contribution is -2.36. The minimum atomic E-state index is -0.317. The molecule has 2 fully saturated rings. The Bertz CT molecular complexity index is 2150. The number of esters is 3. The Morgan fingerprint density at radius 3 is 1.40 bits per heavy atom. The molecular weight excluding hydrogens is 1160 g/mol. The van der Waals surface area contributed by atoms with E-state index in [1.54, 1.807) is 0 Å². The van der Waals surface area contributed by atoms with Gasteiger partial charge in [-0.2, -0.15) is 0 Å². The molecule has 0 saturated carbocycles. The van der Waals surface area contributed by atoms with E-state index in [2.05, 4.69) is 67.0 Å². The molecule has 1 atom stereocenters. The van der Waals surface area contributed by atoms with Crippen molar-refractivity contribution in [2.75, 3.05) is 83.8 Å². The number of aldehydes is 1. The van der Waals surface area contributed by atoms with Crippen LogP contribution in [0.4, 0.5) is 0 Å². The van der Waals surface area contributed by atoms with E-state index < -0.39 is 0 Å². The number of hydrogen-bond acceptors (Lipinski definition) is 14. The van der Waals surface area contributed by atoms with Crippen LogP contribution in [0.1, 0.15) is 236 Å². The number of ether oxygens (including phenoxy) is 6. The highest BCUT2D eigenvalue weighted by atomic mass is 33.1. The topological polar surface area (TPSA) is 130 Å². The summed E-state index contributed by atoms with van der Waals surface area (Å²) in [5, 5.41) is 0. The molecule has 12 nitrogen and oxygen atoms in total. The number of hydrogen-bond donors (Lipinski definition) is 0. The first-order valence-corrected chi connectivity index (χ1v) is 38.3. The molecule has 2 aromatic carbocycles. The van der Waals surface area contributed by atoms with Gasteiger partial charge in [0.05, 0.1) is 39.3 Å². The van der Waals surface area contributed by atoms with Gasteiger partial charge in [0, 0.05) is 50.1 Å². The number of piperidine rings is 2. The van der Waals surface area contributed by atoms with Crippen molar-refractivity contribution >= 4 is 45.8 Å². The molecule has 2 aromatic rings. The molecule has 0 aliphatic carbocycles. The number of rotatable bonds is 56. The van der Waals surface area contributed by atoms with Gasteiger partial charge in [-0.1, -0.05) is 179 Å². The van der Waals surface area contributed by atoms with E-state index in [0.717, 1.165) is 188 Å². The Morgan fingerprint density at radius 2 is 0.922 bits per heavy atom. The van der Waals surface area contributed by atoms with Crippen LogP contribution in [-0.4, -0.2) is 124 Å². The Balaban J connectivity index is 0.923. The predicted octanol–water partition coefficient (Wildman–Crippen LogP) is 18.0. The molecule has 0 bridgehead atoms. The fourth-order valence-electron chi connectivity index (χ4n) is 11.5. The fraction of sp³-hybridized carbons (Fsp3) is 0.711. The zero-order valence-electron chi connectivity index (χ0n) is 56.5. The second-order valence-corrected chi connectivity index (χ2v) is 27.8. The van der Waals surface area contributed by atoms with Gasteiger partial charge in [0.2, 0.25) is 0 Å². The Morgan fingerprint density at radius 1 is 0.489 bits per heavy atom. The van der Waals surface area contributed by atoms with Crippen molar-refractivity contribution in [2.24, 2.45) is 17.8 Å². The number of benzene rings is 2. The predicted molar refractivity (Wildman–Crippen MR) is 375 cm³/mol. The van der Waals surface area contributed by atoms with Crippen molar-refractivity contribution < 1.29 is 47.6 Å². The largest absolute Gasteiger partial charge is 0.465 e. The molecule has 14 heteroatoms. The Labute approximate surface area is 554 Å². The molecule has 0 radical (unpaired) electrons. The van der Waals surface area contributed by atoms with Crippen molar-refractivity contribution in [3.8, 4) is 0 Å². The highest BCUT2D eigenvalue weighted by Gasteiger charge is 2.22. The third-order valence-electron chi connectivity index (χ3n) is 17.4. The summed E-state index contributed by atoms with van der Waals surface area (Å²) < 4.78 is 35.2. The van der Waals surface area contributed by atoms with Crippen molar-refractivity contribution in [1.82, 2.24) is 9.80 Å². The zero-order chi connectivity index (χ0) is 64.0. The van der Waals surface area contributed by atoms with E-state index in [1.165, 1.54) is 64.2 Å². The standard InChI is InChI=1S/C76H122N2O10S2/c1-4-7-10-13-16-17-18-19-20-21-22-23-24-25-28-31-73(80)88-65-71-38-34-69(35-39-71)61-75(82)85-57-47-67-44-50-78(51-45-67)53-59-90-89-58-52-77-48-42-66(43-49-77)46-56-84-74(81)60-68-32-36-70(37-33-68)63-83-64-72(62-79)40-41-76(86-54-29-26-14-11-8-5-2)87-55-30-27-15-12-9-6-3/h8-9,11-12,19-20,32-39,62,66-67,72,76H,4-7,10,13-18,21-31,40-61,63-65H2,1-3H3/b11-8-,12-9-,20-19-. The zero-order valence-corrected chi connectivity index (χ0v) is 58.1. The minimum absolute atomic E-state index is 0.141. The highest BCUT2D eigenvalue weighted by molar-refractivity contribution is 8.76. The molecule has 2 heterocycles. The van der Waals surface area contributed by atoms with Crippen LogP contribution in [0.15, 0.2) is 85.0 Å². The van der Waals surface area contributed by atoms with Crippen molar-refractivity contribution in [1.29, 1.82) is 0 Å². The average molecular weight is 1290 g/mol. The van der Waals surface area contributed by atoms with E-state index >= 15 is 0 Å². The summed E-state index contributed by atoms with van der Waals surface area (Å²) in [5.74, 6) is 2.70. The second kappa shape index (κ2) is 54.6. The summed E-state index contributed by atoms with van der Waals surface area (Å²) >= 11 is 0. The normalized spacial score (nSPS) is 15.0. The number of unbranched alkanes of at least 4 members (excludes halogenated alkanes) is 15. The van der Waals surface area contributed by atoms with Crippen LogP contribution < -0.4 is 0 Å². The first kappa shape index (κ1) is 78.7. The second-order valence-electron chi connectivity index (χ2n) is 25.1. The number of likely N-dealkylation sites (tertiary alicyclic amines) is 2. The smallest absolute Gasteiger partial charge is 0.310 e. The van der Waals surface area contributed by atoms with Crippen LogP contribution in [0.5, 0.6) is 0 Å². The van der Waals surface area contributed by atoms with E-state index in [-0.39, 0.29) is 49.6 Å². The quantitative estimate of drug-likeness (QED) is 0.0118. The molecule has 4 rings (SSSR count). The maximum Gasteiger partial charge on any atom is 0.310 e. The summed E-state index contributed by atoms with van der Waals surface area (Å²) in [6, 6.07) is 15.6. The van der Waals surface area contributed by atoms with Crippen LogP contribution in [0, 0.1) is 17.8 Å². The first-order valence-electron chi connectivity index (χ1n) is 35.8. The summed E-state index contributed by atoms with van der Waals surface area (Å²) in [6.07, 6.45) is 47.4. The fourth-order valence-corrected chi connectivity index (χ4v) is 13.5. The molecule has 90 heavy (non-hydrogen) atoms. The molecule has 2 saturated heterocycles. The number of allylic oxidation sites excluding steroid dienone is 6. The van der Waals surface area contributed by atoms with Gasteiger partial charge < -0.3 is 43.0 Å². The van der Waals surface area contributed by atoms with Crippen molar-refractivity contribution in [3.05, 3.63) is 107 Å². The third kappa shape index (κ3) is 41.7. The number of nitrogens with zero attached hydrogens (tertiary/aromatic N) is 2. The van der Waals surface area contributed by atoms with Crippen LogP contribution in [0.2, 0.25) is 0 Å². The summed E-state index contributed by atoms with van der Waals surface area (Å²) in [7, 11) is 3.98. The summed E-state index contributed by atoms with van der Waals surface area (Å²) in [6.45, 7) is 16.5. The number of carbonyl (C=O) groups excluding carboxylic acids is 4. The highest BCUT2D eigenvalue weighted by Crippen LogP contribution is 2.27. The van der Waals surface area contributed by atoms with E-state index in [0.29, 0.717) is 70.7 Å². The van der Waals surface area contributed by atoms with Crippen molar-refractivity contribution in [2.45, 2.75) is 246 Å². The lowest BCUT2D eigenvalue weighted by atomic mass is 9.94. The van der Waals surface area contributed by atoms with Crippen LogP contribution in [0.3, 0.4) is 0 Å². The molecule has 0 N–H and O–H groups in total. The van der Waals surface area contributed by atoms with Gasteiger partial charge in [-0.3, -0.25) is 14.4 Å². The van der Waals surface area contributed by atoms with Crippen molar-refractivity contribution in [3.63, 3.8) is 0 Å². The minimum Gasteiger partial charge on any atom is -0.465 e. The van der Waals surface area contributed by atoms with Crippen LogP contribution in [0.25, 0.3) is 0 Å². The molecule has 0 aromatic heterocycles. The molecule has 2 aliphatic heterocycles. The lowest BCUT2D eigenvalue weighted by Gasteiger charge is -2.32. The van der Waals surface area contributed by atoms with Gasteiger partial charge in [0.25, 0.3) is 0 Å². The van der Waals surface area contributed by atoms with Gasteiger partial charge in [-0.15, -0.1) is 0 Å². The monoisotopic (exact) mass is 1290 g/mol. The SMILES string of the molecule is CC/C=C\CCCCOC(CCC(C=O)COCc1ccc(CC(=O)OCCC2CCN(CCSSCCN3CCC(CCOC(=O)Cc4ccc(COC(=O)CCCCCCC/C=C\CCCCCCCC)cc4)CC3)CC2)cc1)OCCCC/C=C\CC. The Kier molecular flexibility index (Phi) is 47.7. The number of carbonyl (C=O) groups is 4. The summed E-state index contributed by atoms with van der Waals surface area (Å²) in [4.78, 5) is 55.0. The molecule has 0 spiro atoms. The van der Waals surface area contributed by atoms with Gasteiger partial charge in [-0.05, 0) is 195 Å². The van der Waals surface area contributed by atoms with E-state index in [9.17, 15) is 19.2 Å². The Hall–Kier alpha value is -3.76. The first-order chi connectivity index (χ1) is 44.3. The third-order valence-corrected chi connectivity index (χ3v) is 19.7. The lowest BCUT2D eigenvalue weighted by molar-refractivity contribution is -0.150. The maximum absolute atomic E-state index is 12.8. The molecule has 1 unspecified atom stereocenters. The van der Waals surface area contributed by atoms with Gasteiger partial charge >= 0.3 is 17.9 Å².